The fourth-order valence-corrected chi connectivity index (χ4v) is 2.03. The van der Waals surface area contributed by atoms with Gasteiger partial charge < -0.3 is 15.2 Å². The lowest BCUT2D eigenvalue weighted by molar-refractivity contribution is -0.385. The molecule has 8 nitrogen and oxygen atoms in total. The van der Waals surface area contributed by atoms with Crippen molar-refractivity contribution in [1.29, 1.82) is 0 Å². The van der Waals surface area contributed by atoms with E-state index in [1.54, 1.807) is 0 Å². The summed E-state index contributed by atoms with van der Waals surface area (Å²) in [6.45, 7) is 0.436. The highest BCUT2D eigenvalue weighted by Gasteiger charge is 2.17. The molecule has 0 heterocycles. The van der Waals surface area contributed by atoms with Crippen molar-refractivity contribution in [2.24, 2.45) is 0 Å². The number of amides is 1. The van der Waals surface area contributed by atoms with Crippen LogP contribution in [-0.2, 0) is 4.79 Å². The number of nitro groups is 1. The summed E-state index contributed by atoms with van der Waals surface area (Å²) in [5.41, 5.74) is -0.0582. The second-order valence-electron chi connectivity index (χ2n) is 4.96. The monoisotopic (exact) mass is 324 g/mol. The number of ether oxygens (including phenoxy) is 1. The molecule has 126 valence electrons. The van der Waals surface area contributed by atoms with E-state index in [1.165, 1.54) is 25.3 Å². The van der Waals surface area contributed by atoms with Crippen LogP contribution in [0.3, 0.4) is 0 Å². The molecule has 1 aromatic rings. The van der Waals surface area contributed by atoms with Gasteiger partial charge in [0.15, 0.2) is 5.75 Å². The van der Waals surface area contributed by atoms with Gasteiger partial charge in [0.2, 0.25) is 0 Å². The number of nitrogens with one attached hydrogen (secondary N) is 1. The third kappa shape index (κ3) is 6.33. The van der Waals surface area contributed by atoms with Gasteiger partial charge in [-0.25, -0.2) is 0 Å². The van der Waals surface area contributed by atoms with Crippen LogP contribution in [0.1, 0.15) is 42.5 Å². The number of nitrogens with zero attached hydrogens (tertiary/aromatic N) is 1. The number of benzene rings is 1. The molecule has 0 atom stereocenters. The van der Waals surface area contributed by atoms with Gasteiger partial charge in [-0.15, -0.1) is 0 Å². The number of unbranched alkanes of at least 4 members (excludes halogenated alkanes) is 3. The molecule has 1 rings (SSSR count). The van der Waals surface area contributed by atoms with Crippen LogP contribution in [-0.4, -0.2) is 35.6 Å². The van der Waals surface area contributed by atoms with Gasteiger partial charge in [-0.3, -0.25) is 19.7 Å². The minimum atomic E-state index is -0.806. The van der Waals surface area contributed by atoms with Crippen LogP contribution >= 0.6 is 0 Å². The number of hydrogen-bond acceptors (Lipinski definition) is 5. The Morgan fingerprint density at radius 3 is 2.57 bits per heavy atom. The van der Waals surface area contributed by atoms with Crippen LogP contribution in [0.25, 0.3) is 0 Å². The third-order valence-corrected chi connectivity index (χ3v) is 3.24. The molecule has 0 fully saturated rings. The number of rotatable bonds is 10. The first-order valence-corrected chi connectivity index (χ1v) is 7.28. The normalized spacial score (nSPS) is 10.1. The Morgan fingerprint density at radius 2 is 1.96 bits per heavy atom. The van der Waals surface area contributed by atoms with E-state index in [1.807, 2.05) is 0 Å². The number of carbonyl (C=O) groups excluding carboxylic acids is 1. The number of hydrogen-bond donors (Lipinski definition) is 2. The van der Waals surface area contributed by atoms with Gasteiger partial charge in [-0.05, 0) is 25.0 Å². The lowest BCUT2D eigenvalue weighted by atomic mass is 10.1. The first kappa shape index (κ1) is 18.4. The molecule has 2 N–H and O–H groups in total. The van der Waals surface area contributed by atoms with E-state index in [2.05, 4.69) is 5.32 Å². The summed E-state index contributed by atoms with van der Waals surface area (Å²) >= 11 is 0. The van der Waals surface area contributed by atoms with Crippen molar-refractivity contribution < 1.29 is 24.4 Å². The van der Waals surface area contributed by atoms with Crippen LogP contribution in [0, 0.1) is 10.1 Å². The van der Waals surface area contributed by atoms with E-state index < -0.39 is 10.9 Å². The predicted molar refractivity (Wildman–Crippen MR) is 82.7 cm³/mol. The minimum absolute atomic E-state index is 0.102. The molecule has 0 spiro atoms. The van der Waals surface area contributed by atoms with Crippen LogP contribution in [0.5, 0.6) is 5.75 Å². The number of methoxy groups -OCH3 is 1. The highest BCUT2D eigenvalue weighted by atomic mass is 16.6. The van der Waals surface area contributed by atoms with Crippen molar-refractivity contribution in [3.8, 4) is 5.75 Å². The highest BCUT2D eigenvalue weighted by molar-refractivity contribution is 5.95. The number of carbonyl (C=O) groups is 2. The van der Waals surface area contributed by atoms with Crippen molar-refractivity contribution >= 4 is 17.6 Å². The Bertz CT molecular complexity index is 573. The van der Waals surface area contributed by atoms with Gasteiger partial charge in [-0.1, -0.05) is 12.8 Å². The van der Waals surface area contributed by atoms with E-state index in [4.69, 9.17) is 9.84 Å². The van der Waals surface area contributed by atoms with Gasteiger partial charge >= 0.3 is 11.7 Å². The van der Waals surface area contributed by atoms with Gasteiger partial charge in [0.05, 0.1) is 12.0 Å². The van der Waals surface area contributed by atoms with Gasteiger partial charge in [0.25, 0.3) is 5.91 Å². The Kier molecular flexibility index (Phi) is 7.52. The second-order valence-corrected chi connectivity index (χ2v) is 4.96. The smallest absolute Gasteiger partial charge is 0.311 e. The largest absolute Gasteiger partial charge is 0.490 e. The summed E-state index contributed by atoms with van der Waals surface area (Å²) in [6.07, 6.45) is 3.10. The quantitative estimate of drug-likeness (QED) is 0.387. The molecule has 1 aromatic carbocycles. The van der Waals surface area contributed by atoms with Gasteiger partial charge in [0.1, 0.15) is 0 Å². The summed E-state index contributed by atoms with van der Waals surface area (Å²) in [5.74, 6) is -1.09. The van der Waals surface area contributed by atoms with Crippen LogP contribution < -0.4 is 10.1 Å². The fraction of sp³-hybridized carbons (Fsp3) is 0.467. The molecule has 1 amide bonds. The first-order chi connectivity index (χ1) is 11.0. The lowest BCUT2D eigenvalue weighted by Gasteiger charge is -2.07. The summed E-state index contributed by atoms with van der Waals surface area (Å²) in [6, 6.07) is 4.04. The first-order valence-electron chi connectivity index (χ1n) is 7.28. The van der Waals surface area contributed by atoms with Gasteiger partial charge in [0, 0.05) is 24.6 Å². The molecule has 0 aromatic heterocycles. The zero-order chi connectivity index (χ0) is 17.2. The summed E-state index contributed by atoms with van der Waals surface area (Å²) in [4.78, 5) is 32.6. The number of aliphatic carboxylic acids is 1. The topological polar surface area (TPSA) is 119 Å². The maximum absolute atomic E-state index is 11.9. The number of carboxylic acids is 1. The molecule has 0 aliphatic heterocycles. The molecule has 0 saturated heterocycles. The number of nitro benzene ring substituents is 1. The molecule has 0 aliphatic rings. The van der Waals surface area contributed by atoms with Gasteiger partial charge in [-0.2, -0.15) is 0 Å². The van der Waals surface area contributed by atoms with Crippen LogP contribution in [0.4, 0.5) is 5.69 Å². The summed E-state index contributed by atoms with van der Waals surface area (Å²) in [5, 5.41) is 22.1. The summed E-state index contributed by atoms with van der Waals surface area (Å²) in [7, 11) is 1.33. The van der Waals surface area contributed by atoms with Crippen molar-refractivity contribution in [2.45, 2.75) is 32.1 Å². The molecular weight excluding hydrogens is 304 g/mol. The molecule has 0 unspecified atom stereocenters. The maximum atomic E-state index is 11.9. The van der Waals surface area contributed by atoms with E-state index in [9.17, 15) is 19.7 Å². The fourth-order valence-electron chi connectivity index (χ4n) is 2.03. The molecule has 0 saturated carbocycles. The average Bonchev–Trinajstić information content (AvgIpc) is 2.52. The highest BCUT2D eigenvalue weighted by Crippen LogP contribution is 2.27. The zero-order valence-electron chi connectivity index (χ0n) is 12.9. The standard InChI is InChI=1S/C15H20N2O6/c1-23-13-8-7-11(10-12(13)17(21)22)15(20)16-9-5-3-2-4-6-14(18)19/h7-8,10H,2-6,9H2,1H3,(H,16,20)(H,18,19). The van der Waals surface area contributed by atoms with Crippen molar-refractivity contribution in [2.75, 3.05) is 13.7 Å². The van der Waals surface area contributed by atoms with Crippen LogP contribution in [0.2, 0.25) is 0 Å². The average molecular weight is 324 g/mol. The minimum Gasteiger partial charge on any atom is -0.490 e. The second kappa shape index (κ2) is 9.39. The number of carboxylic acid groups (broad SMARTS) is 1. The van der Waals surface area contributed by atoms with Crippen molar-refractivity contribution in [3.05, 3.63) is 33.9 Å². The molecular formula is C15H20N2O6. The maximum Gasteiger partial charge on any atom is 0.311 e. The van der Waals surface area contributed by atoms with E-state index >= 15 is 0 Å². The van der Waals surface area contributed by atoms with E-state index in [0.717, 1.165) is 19.3 Å². The molecule has 0 bridgehead atoms. The Morgan fingerprint density at radius 1 is 1.26 bits per heavy atom. The Balaban J connectivity index is 2.42. The molecule has 23 heavy (non-hydrogen) atoms. The zero-order valence-corrected chi connectivity index (χ0v) is 12.9. The van der Waals surface area contributed by atoms with Crippen molar-refractivity contribution in [3.63, 3.8) is 0 Å². The van der Waals surface area contributed by atoms with E-state index in [-0.39, 0.29) is 29.3 Å². The Labute approximate surface area is 133 Å². The van der Waals surface area contributed by atoms with Crippen LogP contribution in [0.15, 0.2) is 18.2 Å². The van der Waals surface area contributed by atoms with Crippen molar-refractivity contribution in [1.82, 2.24) is 5.32 Å². The third-order valence-electron chi connectivity index (χ3n) is 3.24. The Hall–Kier alpha value is -2.64. The SMILES string of the molecule is COc1ccc(C(=O)NCCCCCCC(=O)O)cc1[N+](=O)[O-]. The lowest BCUT2D eigenvalue weighted by Crippen LogP contribution is -2.24. The van der Waals surface area contributed by atoms with E-state index in [0.29, 0.717) is 13.0 Å². The summed E-state index contributed by atoms with van der Waals surface area (Å²) < 4.78 is 4.88. The molecule has 8 heteroatoms. The molecule has 0 aliphatic carbocycles. The predicted octanol–water partition coefficient (Wildman–Crippen LogP) is 2.37. The molecule has 0 radical (unpaired) electrons.